The first kappa shape index (κ1) is 22.5. The van der Waals surface area contributed by atoms with Gasteiger partial charge in [0, 0.05) is 24.3 Å². The van der Waals surface area contributed by atoms with Gasteiger partial charge in [-0.3, -0.25) is 4.79 Å². The molecule has 2 aliphatic rings. The van der Waals surface area contributed by atoms with E-state index in [1.807, 2.05) is 12.1 Å². The van der Waals surface area contributed by atoms with Crippen LogP contribution in [0, 0.1) is 0 Å². The van der Waals surface area contributed by atoms with E-state index in [4.69, 9.17) is 21.1 Å². The topological polar surface area (TPSA) is 93.7 Å². The SMILES string of the molecule is C[C@H](C(=O)OC(C)(C)C)N1Cc2ccc(-c3nc(NC4CCOC4)ncc3Cl)cc2C1=O. The summed E-state index contributed by atoms with van der Waals surface area (Å²) in [4.78, 5) is 35.9. The molecule has 1 amide bonds. The van der Waals surface area contributed by atoms with E-state index in [1.54, 1.807) is 40.0 Å². The normalized spacial score (nSPS) is 19.1. The number of aromatic nitrogens is 2. The first-order valence-corrected chi connectivity index (χ1v) is 11.0. The zero-order chi connectivity index (χ0) is 23.0. The van der Waals surface area contributed by atoms with Gasteiger partial charge in [0.2, 0.25) is 5.95 Å². The highest BCUT2D eigenvalue weighted by atomic mass is 35.5. The van der Waals surface area contributed by atoms with Crippen molar-refractivity contribution in [2.24, 2.45) is 0 Å². The maximum atomic E-state index is 13.1. The number of amides is 1. The molecule has 1 fully saturated rings. The lowest BCUT2D eigenvalue weighted by atomic mass is 10.0. The molecule has 170 valence electrons. The highest BCUT2D eigenvalue weighted by Gasteiger charge is 2.36. The van der Waals surface area contributed by atoms with Gasteiger partial charge in [0.05, 0.1) is 29.6 Å². The van der Waals surface area contributed by atoms with Gasteiger partial charge in [-0.15, -0.1) is 0 Å². The van der Waals surface area contributed by atoms with E-state index in [2.05, 4.69) is 15.3 Å². The molecule has 2 aromatic rings. The second kappa shape index (κ2) is 8.67. The number of halogens is 1. The van der Waals surface area contributed by atoms with E-state index < -0.39 is 17.6 Å². The summed E-state index contributed by atoms with van der Waals surface area (Å²) < 4.78 is 10.8. The minimum Gasteiger partial charge on any atom is -0.458 e. The Balaban J connectivity index is 1.56. The summed E-state index contributed by atoms with van der Waals surface area (Å²) in [6.45, 7) is 8.77. The number of fused-ring (bicyclic) bond motifs is 1. The Morgan fingerprint density at radius 3 is 2.84 bits per heavy atom. The van der Waals surface area contributed by atoms with Crippen molar-refractivity contribution in [1.29, 1.82) is 0 Å². The molecule has 1 saturated heterocycles. The Hall–Kier alpha value is -2.71. The van der Waals surface area contributed by atoms with Crippen LogP contribution in [0.3, 0.4) is 0 Å². The first-order valence-electron chi connectivity index (χ1n) is 10.7. The van der Waals surface area contributed by atoms with Gasteiger partial charge >= 0.3 is 5.97 Å². The maximum Gasteiger partial charge on any atom is 0.329 e. The standard InChI is InChI=1S/C23H27ClN4O4/c1-13(21(30)32-23(2,3)4)28-11-15-6-5-14(9-17(15)20(28)29)19-18(24)10-25-22(27-19)26-16-7-8-31-12-16/h5-6,9-10,13,16H,7-8,11-12H2,1-4H3,(H,25,26,27)/t13-,16?/m1/s1. The van der Waals surface area contributed by atoms with Crippen molar-refractivity contribution in [2.75, 3.05) is 18.5 Å². The van der Waals surface area contributed by atoms with E-state index in [-0.39, 0.29) is 11.9 Å². The molecule has 1 unspecified atom stereocenters. The monoisotopic (exact) mass is 458 g/mol. The number of ether oxygens (including phenoxy) is 2. The number of carbonyl (C=O) groups is 2. The molecule has 0 radical (unpaired) electrons. The summed E-state index contributed by atoms with van der Waals surface area (Å²) in [6.07, 6.45) is 2.44. The molecule has 32 heavy (non-hydrogen) atoms. The predicted octanol–water partition coefficient (Wildman–Crippen LogP) is 3.68. The fraction of sp³-hybridized carbons (Fsp3) is 0.478. The van der Waals surface area contributed by atoms with Crippen LogP contribution < -0.4 is 5.32 Å². The van der Waals surface area contributed by atoms with Crippen molar-refractivity contribution in [3.8, 4) is 11.3 Å². The van der Waals surface area contributed by atoms with Crippen molar-refractivity contribution < 1.29 is 19.1 Å². The Bertz CT molecular complexity index is 1050. The fourth-order valence-corrected chi connectivity index (χ4v) is 3.97. The van der Waals surface area contributed by atoms with Gasteiger partial charge in [0.1, 0.15) is 11.6 Å². The van der Waals surface area contributed by atoms with E-state index in [0.717, 1.165) is 12.0 Å². The van der Waals surface area contributed by atoms with Crippen LogP contribution in [0.1, 0.15) is 50.0 Å². The molecule has 8 nitrogen and oxygen atoms in total. The number of hydrogen-bond donors (Lipinski definition) is 1. The number of nitrogens with one attached hydrogen (secondary N) is 1. The lowest BCUT2D eigenvalue weighted by Crippen LogP contribution is -2.42. The molecular weight excluding hydrogens is 432 g/mol. The molecule has 4 rings (SSSR count). The van der Waals surface area contributed by atoms with Gasteiger partial charge in [-0.1, -0.05) is 23.7 Å². The van der Waals surface area contributed by atoms with Gasteiger partial charge < -0.3 is 19.7 Å². The lowest BCUT2D eigenvalue weighted by molar-refractivity contribution is -0.159. The van der Waals surface area contributed by atoms with Gasteiger partial charge in [0.25, 0.3) is 5.91 Å². The smallest absolute Gasteiger partial charge is 0.329 e. The van der Waals surface area contributed by atoms with Crippen LogP contribution in [0.2, 0.25) is 5.02 Å². The van der Waals surface area contributed by atoms with E-state index >= 15 is 0 Å². The van der Waals surface area contributed by atoms with Crippen molar-refractivity contribution >= 4 is 29.4 Å². The lowest BCUT2D eigenvalue weighted by Gasteiger charge is -2.27. The van der Waals surface area contributed by atoms with Crippen LogP contribution in [0.15, 0.2) is 24.4 Å². The van der Waals surface area contributed by atoms with E-state index in [0.29, 0.717) is 47.6 Å². The Morgan fingerprint density at radius 2 is 2.16 bits per heavy atom. The molecule has 1 N–H and O–H groups in total. The Kier molecular flexibility index (Phi) is 6.09. The second-order valence-electron chi connectivity index (χ2n) is 9.11. The number of esters is 1. The highest BCUT2D eigenvalue weighted by molar-refractivity contribution is 6.33. The molecule has 0 saturated carbocycles. The molecular formula is C23H27ClN4O4. The minimum absolute atomic E-state index is 0.161. The van der Waals surface area contributed by atoms with Gasteiger partial charge in [-0.05, 0) is 45.7 Å². The third kappa shape index (κ3) is 4.71. The van der Waals surface area contributed by atoms with Crippen LogP contribution in [0.25, 0.3) is 11.3 Å². The average molecular weight is 459 g/mol. The largest absolute Gasteiger partial charge is 0.458 e. The van der Waals surface area contributed by atoms with Crippen LogP contribution in [-0.2, 0) is 20.8 Å². The summed E-state index contributed by atoms with van der Waals surface area (Å²) >= 11 is 6.38. The predicted molar refractivity (Wildman–Crippen MR) is 121 cm³/mol. The number of benzene rings is 1. The summed E-state index contributed by atoms with van der Waals surface area (Å²) in [5.74, 6) is -0.178. The molecule has 0 aliphatic carbocycles. The zero-order valence-electron chi connectivity index (χ0n) is 18.6. The number of rotatable bonds is 5. The Morgan fingerprint density at radius 1 is 1.38 bits per heavy atom. The zero-order valence-corrected chi connectivity index (χ0v) is 19.4. The quantitative estimate of drug-likeness (QED) is 0.683. The molecule has 0 bridgehead atoms. The molecule has 2 atom stereocenters. The minimum atomic E-state index is -0.690. The van der Waals surface area contributed by atoms with Crippen molar-refractivity contribution in [3.05, 3.63) is 40.5 Å². The van der Waals surface area contributed by atoms with Gasteiger partial charge in [0.15, 0.2) is 0 Å². The van der Waals surface area contributed by atoms with Crippen molar-refractivity contribution in [3.63, 3.8) is 0 Å². The summed E-state index contributed by atoms with van der Waals surface area (Å²) in [5, 5.41) is 3.65. The molecule has 1 aromatic heterocycles. The van der Waals surface area contributed by atoms with Crippen LogP contribution >= 0.6 is 11.6 Å². The third-order valence-corrected chi connectivity index (χ3v) is 5.71. The first-order chi connectivity index (χ1) is 15.1. The highest BCUT2D eigenvalue weighted by Crippen LogP contribution is 2.32. The van der Waals surface area contributed by atoms with Crippen LogP contribution in [0.4, 0.5) is 5.95 Å². The maximum absolute atomic E-state index is 13.1. The van der Waals surface area contributed by atoms with Crippen molar-refractivity contribution in [2.45, 2.75) is 58.3 Å². The third-order valence-electron chi connectivity index (χ3n) is 5.44. The molecule has 0 spiro atoms. The van der Waals surface area contributed by atoms with E-state index in [9.17, 15) is 9.59 Å². The van der Waals surface area contributed by atoms with Crippen LogP contribution in [-0.4, -0.2) is 57.6 Å². The van der Waals surface area contributed by atoms with E-state index in [1.165, 1.54) is 4.90 Å². The summed E-state index contributed by atoms with van der Waals surface area (Å²) in [7, 11) is 0. The fourth-order valence-electron chi connectivity index (χ4n) is 3.77. The number of carbonyl (C=O) groups excluding carboxylic acids is 2. The average Bonchev–Trinajstić information content (AvgIpc) is 3.35. The van der Waals surface area contributed by atoms with Gasteiger partial charge in [-0.25, -0.2) is 14.8 Å². The Labute approximate surface area is 192 Å². The second-order valence-corrected chi connectivity index (χ2v) is 9.52. The molecule has 1 aromatic carbocycles. The number of nitrogens with zero attached hydrogens (tertiary/aromatic N) is 3. The number of anilines is 1. The number of hydrogen-bond acceptors (Lipinski definition) is 7. The molecule has 2 aliphatic heterocycles. The summed E-state index contributed by atoms with van der Waals surface area (Å²) in [5.41, 5.74) is 2.01. The van der Waals surface area contributed by atoms with Crippen molar-refractivity contribution in [1.82, 2.24) is 14.9 Å². The molecule has 9 heteroatoms. The molecule has 3 heterocycles. The van der Waals surface area contributed by atoms with Crippen LogP contribution in [0.5, 0.6) is 0 Å². The van der Waals surface area contributed by atoms with Gasteiger partial charge in [-0.2, -0.15) is 0 Å². The summed E-state index contributed by atoms with van der Waals surface area (Å²) in [6, 6.07) is 5.00.